The van der Waals surface area contributed by atoms with Gasteiger partial charge in [-0.3, -0.25) is 18.9 Å². The van der Waals surface area contributed by atoms with Crippen LogP contribution in [0.1, 0.15) is 8.97 Å². The van der Waals surface area contributed by atoms with E-state index >= 15 is 4.39 Å². The van der Waals surface area contributed by atoms with E-state index in [0.29, 0.717) is 0 Å². The summed E-state index contributed by atoms with van der Waals surface area (Å²) >= 11 is 0. The van der Waals surface area contributed by atoms with E-state index in [4.69, 9.17) is 22.2 Å². The summed E-state index contributed by atoms with van der Waals surface area (Å²) in [6, 6.07) is 0. The largest absolute Gasteiger partial charge is 0.490 e. The van der Waals surface area contributed by atoms with Gasteiger partial charge in [-0.2, -0.15) is 13.0 Å². The highest BCUT2D eigenvalue weighted by molar-refractivity contribution is 7.66. The Morgan fingerprint density at radius 3 is 2.34 bits per heavy atom. The second kappa shape index (κ2) is 9.21. The van der Waals surface area contributed by atoms with Gasteiger partial charge in [0.05, 0.1) is 15.5 Å². The normalized spacial score (nSPS) is 31.4. The molecular weight excluding hydrogens is 522 g/mol. The van der Waals surface area contributed by atoms with Gasteiger partial charge in [-0.15, -0.1) is 0 Å². The summed E-state index contributed by atoms with van der Waals surface area (Å²) in [4.78, 5) is 59.8. The lowest BCUT2D eigenvalue weighted by Gasteiger charge is -2.26. The number of nitrogens with zero attached hydrogens (tertiary/aromatic N) is 1. The van der Waals surface area contributed by atoms with Crippen LogP contribution in [0, 0.1) is 5.82 Å². The van der Waals surface area contributed by atoms with Crippen LogP contribution >= 0.6 is 23.5 Å². The Kier molecular flexibility index (Phi) is 6.89. The standard InChI is InChI=1S/C10H14F3N2O14P3/c11-3-10(13)6(16)5(27-8(10)15-1-4(12)7(17)14-9(15)18)2-26-31(22,23)29-32(24,25)28-30(19,20)21/h1,5-6,8,16H,2-3H2,(H,22,23)(H,24,25)(H,14,17,18)(H2,19,20,21)/t5-,6+,8-,10?/m1/s1/i2D2. The van der Waals surface area contributed by atoms with E-state index in [0.717, 1.165) is 0 Å². The molecule has 0 saturated carbocycles. The van der Waals surface area contributed by atoms with E-state index in [1.54, 1.807) is 0 Å². The van der Waals surface area contributed by atoms with Crippen LogP contribution in [0.3, 0.4) is 0 Å². The molecule has 0 bridgehead atoms. The lowest BCUT2D eigenvalue weighted by atomic mass is 9.97. The Hall–Kier alpha value is -1.20. The second-order valence-corrected chi connectivity index (χ2v) is 10.2. The van der Waals surface area contributed by atoms with Crippen molar-refractivity contribution < 1.29 is 72.2 Å². The molecule has 22 heteroatoms. The number of ether oxygens (including phenoxy) is 1. The summed E-state index contributed by atoms with van der Waals surface area (Å²) in [7, 11) is -18.1. The first-order valence-electron chi connectivity index (χ1n) is 8.58. The Morgan fingerprint density at radius 2 is 1.81 bits per heavy atom. The average Bonchev–Trinajstić information content (AvgIpc) is 2.87. The van der Waals surface area contributed by atoms with Gasteiger partial charge in [0.25, 0.3) is 5.56 Å². The van der Waals surface area contributed by atoms with Crippen LogP contribution in [-0.2, 0) is 31.6 Å². The molecule has 32 heavy (non-hydrogen) atoms. The summed E-state index contributed by atoms with van der Waals surface area (Å²) in [5.74, 6) is -1.71. The quantitative estimate of drug-likeness (QED) is 0.206. The molecule has 6 N–H and O–H groups in total. The van der Waals surface area contributed by atoms with Gasteiger partial charge in [0.1, 0.15) is 18.9 Å². The Balaban J connectivity index is 2.39. The van der Waals surface area contributed by atoms with Crippen LogP contribution < -0.4 is 11.2 Å². The molecule has 2 heterocycles. The van der Waals surface area contributed by atoms with E-state index < -0.39 is 77.9 Å². The van der Waals surface area contributed by atoms with Gasteiger partial charge in [-0.25, -0.2) is 27.3 Å². The van der Waals surface area contributed by atoms with Crippen molar-refractivity contribution in [3.63, 3.8) is 0 Å². The van der Waals surface area contributed by atoms with Crippen molar-refractivity contribution in [1.29, 1.82) is 0 Å². The van der Waals surface area contributed by atoms with Crippen LogP contribution in [-0.4, -0.2) is 65.3 Å². The molecule has 1 aromatic rings. The zero-order valence-electron chi connectivity index (χ0n) is 16.8. The summed E-state index contributed by atoms with van der Waals surface area (Å²) < 4.78 is 106. The molecule has 0 spiro atoms. The Labute approximate surface area is 176 Å². The van der Waals surface area contributed by atoms with Crippen LogP contribution in [0.2, 0.25) is 0 Å². The number of rotatable bonds is 9. The number of alkyl halides is 2. The zero-order chi connectivity index (χ0) is 26.5. The van der Waals surface area contributed by atoms with E-state index in [1.165, 1.54) is 4.98 Å². The number of aromatic amines is 1. The summed E-state index contributed by atoms with van der Waals surface area (Å²) in [5, 5.41) is 10.1. The fourth-order valence-corrected chi connectivity index (χ4v) is 5.18. The number of aliphatic hydroxyl groups is 1. The molecule has 0 aromatic carbocycles. The molecule has 0 amide bonds. The van der Waals surface area contributed by atoms with Crippen molar-refractivity contribution in [2.24, 2.45) is 0 Å². The highest BCUT2D eigenvalue weighted by Gasteiger charge is 2.59. The number of phosphoric acid groups is 3. The maximum absolute atomic E-state index is 15.2. The highest BCUT2D eigenvalue weighted by atomic mass is 31.3. The van der Waals surface area contributed by atoms with E-state index in [-0.39, 0.29) is 10.8 Å². The Morgan fingerprint density at radius 1 is 1.22 bits per heavy atom. The first kappa shape index (κ1) is 23.9. The summed E-state index contributed by atoms with van der Waals surface area (Å²) in [5.41, 5.74) is -6.94. The van der Waals surface area contributed by atoms with Crippen molar-refractivity contribution >= 4 is 23.5 Å². The van der Waals surface area contributed by atoms with Crippen molar-refractivity contribution in [1.82, 2.24) is 9.55 Å². The van der Waals surface area contributed by atoms with E-state index in [1.807, 2.05) is 0 Å². The summed E-state index contributed by atoms with van der Waals surface area (Å²) in [6.45, 7) is -6.18. The predicted molar refractivity (Wildman–Crippen MR) is 90.8 cm³/mol. The fourth-order valence-electron chi connectivity index (χ4n) is 2.31. The third-order valence-electron chi connectivity index (χ3n) is 3.55. The number of halogens is 3. The van der Waals surface area contributed by atoms with Crippen LogP contribution in [0.4, 0.5) is 13.2 Å². The molecule has 3 unspecified atom stereocenters. The predicted octanol–water partition coefficient (Wildman–Crippen LogP) is -1.04. The first-order valence-corrected chi connectivity index (χ1v) is 12.1. The van der Waals surface area contributed by atoms with Crippen LogP contribution in [0.25, 0.3) is 0 Å². The molecule has 1 saturated heterocycles. The molecule has 1 aliphatic rings. The van der Waals surface area contributed by atoms with Crippen molar-refractivity contribution in [3.05, 3.63) is 32.9 Å². The number of hydrogen-bond acceptors (Lipinski definition) is 10. The minimum Gasteiger partial charge on any atom is -0.387 e. The molecule has 16 nitrogen and oxygen atoms in total. The SMILES string of the molecule is [2H]C([2H])(OP(=O)(O)OP(=O)(O)OP(=O)(O)O)[C@H]1O[C@@H](n2cc(F)c(=O)[nH]c2=O)C(F)(CF)[C@H]1O. The van der Waals surface area contributed by atoms with Crippen LogP contribution in [0.5, 0.6) is 0 Å². The maximum Gasteiger partial charge on any atom is 0.490 e. The van der Waals surface area contributed by atoms with Gasteiger partial charge in [-0.1, -0.05) is 0 Å². The van der Waals surface area contributed by atoms with Crippen LogP contribution in [0.15, 0.2) is 15.8 Å². The number of nitrogens with one attached hydrogen (secondary N) is 1. The van der Waals surface area contributed by atoms with Crippen molar-refractivity contribution in [3.8, 4) is 0 Å². The first-order chi connectivity index (χ1) is 15.1. The van der Waals surface area contributed by atoms with Gasteiger partial charge < -0.3 is 29.4 Å². The molecule has 0 aliphatic carbocycles. The van der Waals surface area contributed by atoms with Gasteiger partial charge >= 0.3 is 29.2 Å². The fraction of sp³-hybridized carbons (Fsp3) is 0.600. The smallest absolute Gasteiger partial charge is 0.387 e. The maximum atomic E-state index is 15.2. The second-order valence-electron chi connectivity index (χ2n) is 5.86. The topological polar surface area (TPSA) is 244 Å². The van der Waals surface area contributed by atoms with Gasteiger partial charge in [0, 0.05) is 0 Å². The van der Waals surface area contributed by atoms with E-state index in [9.17, 15) is 42.1 Å². The Bertz CT molecular complexity index is 1210. The average molecular weight is 538 g/mol. The number of aliphatic hydroxyl groups excluding tert-OH is 1. The monoisotopic (exact) mass is 538 g/mol. The number of H-pyrrole nitrogens is 1. The van der Waals surface area contributed by atoms with Gasteiger partial charge in [0.2, 0.25) is 11.5 Å². The molecule has 1 aromatic heterocycles. The van der Waals surface area contributed by atoms with E-state index in [2.05, 4.69) is 13.1 Å². The van der Waals surface area contributed by atoms with Crippen molar-refractivity contribution in [2.75, 3.05) is 13.2 Å². The minimum absolute atomic E-state index is 0.0306. The summed E-state index contributed by atoms with van der Waals surface area (Å²) in [6.07, 6.45) is -8.49. The third-order valence-corrected chi connectivity index (χ3v) is 7.21. The lowest BCUT2D eigenvalue weighted by Crippen LogP contribution is -2.48. The molecule has 2 rings (SSSR count). The molecule has 184 valence electrons. The minimum atomic E-state index is -6.21. The van der Waals surface area contributed by atoms with Gasteiger partial charge in [0.15, 0.2) is 6.23 Å². The highest BCUT2D eigenvalue weighted by Crippen LogP contribution is 2.66. The molecule has 1 aliphatic heterocycles. The number of aromatic nitrogens is 2. The molecule has 1 fully saturated rings. The molecule has 6 atom stereocenters. The molecular formula is C10H14F3N2O14P3. The third kappa shape index (κ3) is 6.22. The number of hydrogen-bond donors (Lipinski definition) is 6. The number of phosphoric ester groups is 1. The van der Waals surface area contributed by atoms with Crippen molar-refractivity contribution in [2.45, 2.75) is 24.1 Å². The lowest BCUT2D eigenvalue weighted by molar-refractivity contribution is -0.0735. The van der Waals surface area contributed by atoms with Gasteiger partial charge in [-0.05, 0) is 0 Å². The zero-order valence-corrected chi connectivity index (χ0v) is 17.5. The molecule has 0 radical (unpaired) electrons.